The van der Waals surface area contributed by atoms with Crippen LogP contribution in [0.2, 0.25) is 0 Å². The van der Waals surface area contributed by atoms with Gasteiger partial charge < -0.3 is 19.5 Å². The van der Waals surface area contributed by atoms with Gasteiger partial charge in [-0.1, -0.05) is 32.0 Å². The van der Waals surface area contributed by atoms with E-state index in [-0.39, 0.29) is 5.78 Å². The summed E-state index contributed by atoms with van der Waals surface area (Å²) in [6.07, 6.45) is 0. The molecule has 3 rings (SSSR count). The molecule has 0 aliphatic carbocycles. The number of hydrogen-bond donors (Lipinski definition) is 1. The number of thiazole rings is 1. The van der Waals surface area contributed by atoms with Gasteiger partial charge in [0.05, 0.1) is 21.3 Å². The Labute approximate surface area is 169 Å². The Morgan fingerprint density at radius 1 is 0.964 bits per heavy atom. The second-order valence-electron chi connectivity index (χ2n) is 5.27. The summed E-state index contributed by atoms with van der Waals surface area (Å²) in [6.45, 7) is 4.00. The quantitative estimate of drug-likeness (QED) is 0.552. The highest BCUT2D eigenvalue weighted by Gasteiger charge is 2.20. The maximum absolute atomic E-state index is 12.8. The van der Waals surface area contributed by atoms with E-state index in [1.54, 1.807) is 17.5 Å². The number of rotatable bonds is 7. The smallest absolute Gasteiger partial charge is 0.212 e. The Balaban J connectivity index is 0.00000136. The number of nitrogens with zero attached hydrogens (tertiary/aromatic N) is 1. The summed E-state index contributed by atoms with van der Waals surface area (Å²) in [7, 11) is 4.54. The van der Waals surface area contributed by atoms with Crippen LogP contribution >= 0.6 is 11.3 Å². The Bertz CT molecular complexity index is 885. The van der Waals surface area contributed by atoms with Crippen LogP contribution in [0.25, 0.3) is 0 Å². The second-order valence-corrected chi connectivity index (χ2v) is 6.13. The minimum Gasteiger partial charge on any atom is -0.493 e. The molecule has 0 radical (unpaired) electrons. The minimum absolute atomic E-state index is 0.221. The third-order valence-electron chi connectivity index (χ3n) is 3.69. The lowest BCUT2D eigenvalue weighted by Crippen LogP contribution is -2.04. The number of ketones is 1. The molecule has 0 bridgehead atoms. The third-order valence-corrected chi connectivity index (χ3v) is 4.45. The molecule has 0 aliphatic heterocycles. The monoisotopic (exact) mass is 400 g/mol. The summed E-state index contributed by atoms with van der Waals surface area (Å²) in [6, 6.07) is 12.9. The van der Waals surface area contributed by atoms with Crippen molar-refractivity contribution in [2.45, 2.75) is 13.8 Å². The van der Waals surface area contributed by atoms with Crippen LogP contribution in [0.1, 0.15) is 29.9 Å². The molecule has 1 N–H and O–H groups in total. The number of hydrogen-bond acceptors (Lipinski definition) is 7. The molecule has 0 fully saturated rings. The van der Waals surface area contributed by atoms with E-state index in [0.717, 1.165) is 5.69 Å². The summed E-state index contributed by atoms with van der Waals surface area (Å²) < 4.78 is 15.9. The molecule has 0 unspecified atom stereocenters. The van der Waals surface area contributed by atoms with E-state index >= 15 is 0 Å². The van der Waals surface area contributed by atoms with Crippen LogP contribution < -0.4 is 19.5 Å². The van der Waals surface area contributed by atoms with Crippen LogP contribution in [-0.2, 0) is 0 Å². The Morgan fingerprint density at radius 2 is 1.57 bits per heavy atom. The lowest BCUT2D eigenvalue weighted by molar-refractivity contribution is 0.103. The maximum Gasteiger partial charge on any atom is 0.212 e. The summed E-state index contributed by atoms with van der Waals surface area (Å²) in [5, 5.41) is 5.54. The van der Waals surface area contributed by atoms with E-state index in [1.807, 2.05) is 44.2 Å². The number of carbonyl (C=O) groups is 1. The van der Waals surface area contributed by atoms with Crippen molar-refractivity contribution in [3.8, 4) is 17.2 Å². The van der Waals surface area contributed by atoms with Crippen molar-refractivity contribution in [2.24, 2.45) is 0 Å². The first kappa shape index (κ1) is 21.2. The predicted molar refractivity (Wildman–Crippen MR) is 113 cm³/mol. The number of aromatic nitrogens is 1. The number of carbonyl (C=O) groups excluding carboxylic acids is 1. The first-order chi connectivity index (χ1) is 13.7. The molecule has 3 aromatic rings. The van der Waals surface area contributed by atoms with Crippen LogP contribution in [0.4, 0.5) is 10.8 Å². The molecule has 0 amide bonds. The minimum atomic E-state index is -0.221. The topological polar surface area (TPSA) is 69.7 Å². The predicted octanol–water partition coefficient (Wildman–Crippen LogP) is 5.17. The molecule has 0 atom stereocenters. The average Bonchev–Trinajstić information content (AvgIpc) is 3.22. The van der Waals surface area contributed by atoms with Crippen molar-refractivity contribution in [1.29, 1.82) is 0 Å². The molecule has 2 aromatic carbocycles. The molecule has 148 valence electrons. The van der Waals surface area contributed by atoms with E-state index in [4.69, 9.17) is 14.2 Å². The van der Waals surface area contributed by atoms with Gasteiger partial charge in [-0.05, 0) is 24.3 Å². The van der Waals surface area contributed by atoms with E-state index in [9.17, 15) is 4.79 Å². The van der Waals surface area contributed by atoms with Gasteiger partial charge in [0.15, 0.2) is 16.6 Å². The van der Waals surface area contributed by atoms with Crippen molar-refractivity contribution in [1.82, 2.24) is 4.98 Å². The van der Waals surface area contributed by atoms with Gasteiger partial charge in [-0.2, -0.15) is 0 Å². The van der Waals surface area contributed by atoms with Gasteiger partial charge in [0.25, 0.3) is 0 Å². The molecule has 1 aromatic heterocycles. The SMILES string of the molecule is CC.COc1cc(C(=O)c2csc(Nc3ccccc3)n2)cc(OC)c1OC. The summed E-state index contributed by atoms with van der Waals surface area (Å²) in [4.78, 5) is 17.2. The normalized spacial score (nSPS) is 9.75. The molecule has 7 heteroatoms. The highest BCUT2D eigenvalue weighted by Crippen LogP contribution is 2.38. The number of anilines is 2. The lowest BCUT2D eigenvalue weighted by atomic mass is 10.1. The van der Waals surface area contributed by atoms with Gasteiger partial charge in [-0.15, -0.1) is 11.3 Å². The van der Waals surface area contributed by atoms with Crippen molar-refractivity contribution < 1.29 is 19.0 Å². The van der Waals surface area contributed by atoms with Crippen LogP contribution in [0.15, 0.2) is 47.8 Å². The summed E-state index contributed by atoms with van der Waals surface area (Å²) in [5.74, 6) is 1.07. The molecule has 0 saturated carbocycles. The van der Waals surface area contributed by atoms with Crippen molar-refractivity contribution in [3.63, 3.8) is 0 Å². The third kappa shape index (κ3) is 4.80. The molecule has 28 heavy (non-hydrogen) atoms. The highest BCUT2D eigenvalue weighted by molar-refractivity contribution is 7.14. The van der Waals surface area contributed by atoms with Crippen LogP contribution in [0.3, 0.4) is 0 Å². The fraction of sp³-hybridized carbons (Fsp3) is 0.238. The number of benzene rings is 2. The molecule has 6 nitrogen and oxygen atoms in total. The number of para-hydroxylation sites is 1. The molecule has 0 spiro atoms. The first-order valence-corrected chi connectivity index (χ1v) is 9.66. The molecular weight excluding hydrogens is 376 g/mol. The fourth-order valence-electron chi connectivity index (χ4n) is 2.44. The zero-order chi connectivity index (χ0) is 20.5. The van der Waals surface area contributed by atoms with Gasteiger partial charge in [0, 0.05) is 16.6 Å². The number of ether oxygens (including phenoxy) is 3. The Morgan fingerprint density at radius 3 is 2.11 bits per heavy atom. The largest absolute Gasteiger partial charge is 0.493 e. The summed E-state index contributed by atoms with van der Waals surface area (Å²) >= 11 is 1.36. The fourth-order valence-corrected chi connectivity index (χ4v) is 3.15. The highest BCUT2D eigenvalue weighted by atomic mass is 32.1. The van der Waals surface area contributed by atoms with Gasteiger partial charge in [-0.3, -0.25) is 4.79 Å². The average molecular weight is 401 g/mol. The van der Waals surface area contributed by atoms with E-state index in [0.29, 0.717) is 33.6 Å². The summed E-state index contributed by atoms with van der Waals surface area (Å²) in [5.41, 5.74) is 1.67. The Hall–Kier alpha value is -3.06. The van der Waals surface area contributed by atoms with Gasteiger partial charge >= 0.3 is 0 Å². The van der Waals surface area contributed by atoms with Crippen molar-refractivity contribution in [3.05, 3.63) is 59.1 Å². The molecule has 0 aliphatic rings. The second kappa shape index (κ2) is 10.3. The zero-order valence-electron chi connectivity index (χ0n) is 16.6. The number of nitrogens with one attached hydrogen (secondary N) is 1. The Kier molecular flexibility index (Phi) is 7.83. The van der Waals surface area contributed by atoms with Crippen LogP contribution in [0, 0.1) is 0 Å². The van der Waals surface area contributed by atoms with Crippen molar-refractivity contribution in [2.75, 3.05) is 26.6 Å². The van der Waals surface area contributed by atoms with E-state index in [2.05, 4.69) is 10.3 Å². The van der Waals surface area contributed by atoms with Crippen molar-refractivity contribution >= 4 is 27.9 Å². The standard InChI is InChI=1S/C19H18N2O4S.C2H6/c1-23-15-9-12(10-16(24-2)18(15)25-3)17(22)14-11-26-19(21-14)20-13-7-5-4-6-8-13;1-2/h4-11H,1-3H3,(H,20,21);1-2H3. The van der Waals surface area contributed by atoms with E-state index < -0.39 is 0 Å². The van der Waals surface area contributed by atoms with Crippen LogP contribution in [0.5, 0.6) is 17.2 Å². The van der Waals surface area contributed by atoms with Gasteiger partial charge in [0.2, 0.25) is 11.5 Å². The molecular formula is C21H24N2O4S. The van der Waals surface area contributed by atoms with Gasteiger partial charge in [-0.25, -0.2) is 4.98 Å². The lowest BCUT2D eigenvalue weighted by Gasteiger charge is -2.13. The van der Waals surface area contributed by atoms with Gasteiger partial charge in [0.1, 0.15) is 5.69 Å². The molecule has 0 saturated heterocycles. The maximum atomic E-state index is 12.8. The van der Waals surface area contributed by atoms with Crippen LogP contribution in [-0.4, -0.2) is 32.1 Å². The first-order valence-electron chi connectivity index (χ1n) is 8.78. The van der Waals surface area contributed by atoms with E-state index in [1.165, 1.54) is 32.7 Å². The zero-order valence-corrected chi connectivity index (χ0v) is 17.4. The molecule has 1 heterocycles. The number of methoxy groups -OCH3 is 3.